The van der Waals surface area contributed by atoms with E-state index in [-0.39, 0.29) is 12.0 Å². The number of nitrogens with one attached hydrogen (secondary N) is 1. The molecule has 0 amide bonds. The Labute approximate surface area is 125 Å². The van der Waals surface area contributed by atoms with E-state index < -0.39 is 9.84 Å². The summed E-state index contributed by atoms with van der Waals surface area (Å²) in [5.74, 6) is 0.900. The number of rotatable bonds is 4. The standard InChI is InChI=1S/C16H20N2O2S/c1-17-16(8-12-6-7-21(19,20)11-12)15-10-18-9-13-4-2-3-5-14(13)15/h2-5,9-10,12,16-17H,6-8,11H2,1H3. The molecule has 1 aliphatic heterocycles. The van der Waals surface area contributed by atoms with Crippen LogP contribution in [0.1, 0.15) is 24.4 Å². The first-order valence-electron chi connectivity index (χ1n) is 7.29. The van der Waals surface area contributed by atoms with Crippen LogP contribution >= 0.6 is 0 Å². The number of fused-ring (bicyclic) bond motifs is 1. The van der Waals surface area contributed by atoms with E-state index in [4.69, 9.17) is 0 Å². The second kappa shape index (κ2) is 5.73. The molecule has 4 nitrogen and oxygen atoms in total. The lowest BCUT2D eigenvalue weighted by Gasteiger charge is -2.21. The minimum absolute atomic E-state index is 0.141. The van der Waals surface area contributed by atoms with Gasteiger partial charge in [-0.3, -0.25) is 4.98 Å². The highest BCUT2D eigenvalue weighted by Gasteiger charge is 2.30. The monoisotopic (exact) mass is 304 g/mol. The Morgan fingerprint density at radius 1 is 1.33 bits per heavy atom. The summed E-state index contributed by atoms with van der Waals surface area (Å²) in [6.07, 6.45) is 5.38. The second-order valence-corrected chi connectivity index (χ2v) is 8.02. The third kappa shape index (κ3) is 3.09. The zero-order valence-electron chi connectivity index (χ0n) is 12.1. The van der Waals surface area contributed by atoms with Gasteiger partial charge < -0.3 is 5.32 Å². The Morgan fingerprint density at radius 2 is 2.14 bits per heavy atom. The van der Waals surface area contributed by atoms with Gasteiger partial charge in [-0.2, -0.15) is 0 Å². The van der Waals surface area contributed by atoms with E-state index in [1.807, 2.05) is 31.6 Å². The molecule has 3 rings (SSSR count). The number of sulfone groups is 1. The topological polar surface area (TPSA) is 59.1 Å². The fourth-order valence-corrected chi connectivity index (χ4v) is 5.09. The molecule has 1 aromatic heterocycles. The highest BCUT2D eigenvalue weighted by Crippen LogP contribution is 2.31. The maximum atomic E-state index is 11.6. The minimum Gasteiger partial charge on any atom is -0.313 e. The molecule has 0 aliphatic carbocycles. The van der Waals surface area contributed by atoms with Gasteiger partial charge in [0.2, 0.25) is 0 Å². The van der Waals surface area contributed by atoms with Gasteiger partial charge in [0, 0.05) is 23.8 Å². The van der Waals surface area contributed by atoms with Crippen LogP contribution in [0.3, 0.4) is 0 Å². The van der Waals surface area contributed by atoms with Gasteiger partial charge in [0.25, 0.3) is 0 Å². The van der Waals surface area contributed by atoms with Gasteiger partial charge in [-0.05, 0) is 36.8 Å². The number of nitrogens with zero attached hydrogens (tertiary/aromatic N) is 1. The summed E-state index contributed by atoms with van der Waals surface area (Å²) in [5.41, 5.74) is 1.15. The molecule has 1 saturated heterocycles. The lowest BCUT2D eigenvalue weighted by atomic mass is 9.92. The molecule has 1 N–H and O–H groups in total. The molecule has 2 heterocycles. The molecule has 0 saturated carbocycles. The van der Waals surface area contributed by atoms with Gasteiger partial charge in [0.05, 0.1) is 11.5 Å². The van der Waals surface area contributed by atoms with Crippen LogP contribution in [-0.4, -0.2) is 32.0 Å². The predicted octanol–water partition coefficient (Wildman–Crippen LogP) is 2.32. The van der Waals surface area contributed by atoms with Crippen molar-refractivity contribution in [2.45, 2.75) is 18.9 Å². The molecule has 112 valence electrons. The zero-order valence-corrected chi connectivity index (χ0v) is 12.9. The summed E-state index contributed by atoms with van der Waals surface area (Å²) in [7, 11) is -0.891. The van der Waals surface area contributed by atoms with Gasteiger partial charge in [0.15, 0.2) is 9.84 Å². The summed E-state index contributed by atoms with van der Waals surface area (Å²) in [5, 5.41) is 5.64. The molecule has 1 fully saturated rings. The lowest BCUT2D eigenvalue weighted by Crippen LogP contribution is -2.21. The van der Waals surface area contributed by atoms with Crippen LogP contribution in [0.25, 0.3) is 10.8 Å². The second-order valence-electron chi connectivity index (χ2n) is 5.80. The number of benzene rings is 1. The highest BCUT2D eigenvalue weighted by atomic mass is 32.2. The van der Waals surface area contributed by atoms with Crippen LogP contribution in [0, 0.1) is 5.92 Å². The number of pyridine rings is 1. The smallest absolute Gasteiger partial charge is 0.150 e. The Kier molecular flexibility index (Phi) is 3.95. The minimum atomic E-state index is -2.82. The molecule has 2 unspecified atom stereocenters. The van der Waals surface area contributed by atoms with Crippen molar-refractivity contribution in [1.29, 1.82) is 0 Å². The average Bonchev–Trinajstić information content (AvgIpc) is 2.83. The van der Waals surface area contributed by atoms with Gasteiger partial charge in [-0.25, -0.2) is 8.42 Å². The van der Waals surface area contributed by atoms with Crippen molar-refractivity contribution in [3.05, 3.63) is 42.2 Å². The Hall–Kier alpha value is -1.46. The quantitative estimate of drug-likeness (QED) is 0.942. The van der Waals surface area contributed by atoms with Gasteiger partial charge in [-0.15, -0.1) is 0 Å². The van der Waals surface area contributed by atoms with Crippen molar-refractivity contribution in [3.8, 4) is 0 Å². The van der Waals surface area contributed by atoms with Gasteiger partial charge >= 0.3 is 0 Å². The normalized spacial score (nSPS) is 22.4. The molecular weight excluding hydrogens is 284 g/mol. The highest BCUT2D eigenvalue weighted by molar-refractivity contribution is 7.91. The van der Waals surface area contributed by atoms with E-state index in [1.165, 1.54) is 5.39 Å². The van der Waals surface area contributed by atoms with Crippen LogP contribution in [-0.2, 0) is 9.84 Å². The van der Waals surface area contributed by atoms with Crippen LogP contribution < -0.4 is 5.32 Å². The molecule has 1 aliphatic rings. The Balaban J connectivity index is 1.89. The van der Waals surface area contributed by atoms with Crippen LogP contribution in [0.5, 0.6) is 0 Å². The van der Waals surface area contributed by atoms with Gasteiger partial charge in [0.1, 0.15) is 0 Å². The first-order valence-corrected chi connectivity index (χ1v) is 9.11. The van der Waals surface area contributed by atoms with Crippen molar-refractivity contribution in [2.24, 2.45) is 5.92 Å². The molecule has 1 aromatic carbocycles. The first-order chi connectivity index (χ1) is 10.1. The van der Waals surface area contributed by atoms with Crippen LogP contribution in [0.4, 0.5) is 0 Å². The average molecular weight is 304 g/mol. The lowest BCUT2D eigenvalue weighted by molar-refractivity contribution is 0.438. The van der Waals surface area contributed by atoms with E-state index in [2.05, 4.69) is 22.4 Å². The molecule has 2 aromatic rings. The third-order valence-electron chi connectivity index (χ3n) is 4.32. The van der Waals surface area contributed by atoms with Gasteiger partial charge in [-0.1, -0.05) is 24.3 Å². The molecule has 0 spiro atoms. The van der Waals surface area contributed by atoms with E-state index in [0.29, 0.717) is 11.5 Å². The SMILES string of the molecule is CNC(CC1CCS(=O)(=O)C1)c1cncc2ccccc12. The Bertz CT molecular complexity index is 738. The summed E-state index contributed by atoms with van der Waals surface area (Å²) in [6.45, 7) is 0. The third-order valence-corrected chi connectivity index (χ3v) is 6.16. The molecular formula is C16H20N2O2S. The number of hydrogen-bond donors (Lipinski definition) is 1. The molecule has 0 radical (unpaired) electrons. The number of aromatic nitrogens is 1. The summed E-state index contributed by atoms with van der Waals surface area (Å²) in [4.78, 5) is 4.33. The molecule has 21 heavy (non-hydrogen) atoms. The fourth-order valence-electron chi connectivity index (χ4n) is 3.21. The van der Waals surface area contributed by atoms with E-state index in [9.17, 15) is 8.42 Å². The Morgan fingerprint density at radius 3 is 2.86 bits per heavy atom. The van der Waals surface area contributed by atoms with Crippen LogP contribution in [0.2, 0.25) is 0 Å². The van der Waals surface area contributed by atoms with E-state index in [0.717, 1.165) is 23.8 Å². The predicted molar refractivity (Wildman–Crippen MR) is 84.9 cm³/mol. The largest absolute Gasteiger partial charge is 0.313 e. The van der Waals surface area contributed by atoms with Crippen molar-refractivity contribution in [2.75, 3.05) is 18.6 Å². The summed E-state index contributed by atoms with van der Waals surface area (Å²) in [6, 6.07) is 8.33. The molecule has 0 bridgehead atoms. The first kappa shape index (κ1) is 14.5. The fraction of sp³-hybridized carbons (Fsp3) is 0.438. The van der Waals surface area contributed by atoms with Crippen molar-refractivity contribution < 1.29 is 8.42 Å². The van der Waals surface area contributed by atoms with Crippen molar-refractivity contribution in [3.63, 3.8) is 0 Å². The molecule has 2 atom stereocenters. The van der Waals surface area contributed by atoms with E-state index in [1.54, 1.807) is 0 Å². The summed E-state index contributed by atoms with van der Waals surface area (Å²) >= 11 is 0. The maximum absolute atomic E-state index is 11.6. The zero-order chi connectivity index (χ0) is 14.9. The summed E-state index contributed by atoms with van der Waals surface area (Å²) < 4.78 is 23.3. The molecule has 5 heteroatoms. The van der Waals surface area contributed by atoms with Crippen LogP contribution in [0.15, 0.2) is 36.7 Å². The van der Waals surface area contributed by atoms with E-state index >= 15 is 0 Å². The van der Waals surface area contributed by atoms with Crippen molar-refractivity contribution in [1.82, 2.24) is 10.3 Å². The van der Waals surface area contributed by atoms with Crippen molar-refractivity contribution >= 4 is 20.6 Å². The maximum Gasteiger partial charge on any atom is 0.150 e. The number of hydrogen-bond acceptors (Lipinski definition) is 4.